The Morgan fingerprint density at radius 2 is 2.10 bits per heavy atom. The molecule has 1 heterocycles. The van der Waals surface area contributed by atoms with Gasteiger partial charge in [-0.15, -0.1) is 0 Å². The molecule has 0 aliphatic heterocycles. The maximum absolute atomic E-state index is 6.17. The summed E-state index contributed by atoms with van der Waals surface area (Å²) in [6.45, 7) is 6.43. The SMILES string of the molecule is CCC(C)n1ccc(CC(NC)c2cc(C)cc(Cl)c2)n1. The molecule has 0 spiro atoms. The summed E-state index contributed by atoms with van der Waals surface area (Å²) in [6, 6.07) is 8.96. The summed E-state index contributed by atoms with van der Waals surface area (Å²) in [6.07, 6.45) is 4.02. The highest BCUT2D eigenvalue weighted by atomic mass is 35.5. The fourth-order valence-electron chi connectivity index (χ4n) is 2.48. The van der Waals surface area contributed by atoms with Gasteiger partial charge in [0.05, 0.1) is 5.69 Å². The molecule has 0 radical (unpaired) electrons. The number of rotatable bonds is 6. The summed E-state index contributed by atoms with van der Waals surface area (Å²) < 4.78 is 2.05. The fourth-order valence-corrected chi connectivity index (χ4v) is 2.78. The van der Waals surface area contributed by atoms with E-state index in [1.54, 1.807) is 0 Å². The molecule has 1 N–H and O–H groups in total. The minimum absolute atomic E-state index is 0.225. The first-order valence-electron chi connectivity index (χ1n) is 7.51. The lowest BCUT2D eigenvalue weighted by atomic mass is 10.0. The molecule has 1 aromatic carbocycles. The van der Waals surface area contributed by atoms with Crippen LogP contribution in [0.5, 0.6) is 0 Å². The molecule has 0 saturated heterocycles. The van der Waals surface area contributed by atoms with Crippen molar-refractivity contribution in [3.63, 3.8) is 0 Å². The van der Waals surface area contributed by atoms with Crippen molar-refractivity contribution < 1.29 is 0 Å². The third-order valence-corrected chi connectivity index (χ3v) is 4.15. The van der Waals surface area contributed by atoms with E-state index in [-0.39, 0.29) is 6.04 Å². The summed E-state index contributed by atoms with van der Waals surface area (Å²) in [5.74, 6) is 0. The van der Waals surface area contributed by atoms with Crippen molar-refractivity contribution in [2.24, 2.45) is 0 Å². The molecule has 0 bridgehead atoms. The summed E-state index contributed by atoms with van der Waals surface area (Å²) in [5.41, 5.74) is 3.50. The van der Waals surface area contributed by atoms with E-state index in [0.717, 1.165) is 23.6 Å². The van der Waals surface area contributed by atoms with Crippen molar-refractivity contribution in [2.45, 2.75) is 45.7 Å². The van der Waals surface area contributed by atoms with Gasteiger partial charge >= 0.3 is 0 Å². The van der Waals surface area contributed by atoms with Gasteiger partial charge in [0.1, 0.15) is 0 Å². The highest BCUT2D eigenvalue weighted by molar-refractivity contribution is 6.30. The number of aryl methyl sites for hydroxylation is 1. The number of nitrogens with one attached hydrogen (secondary N) is 1. The molecule has 0 aliphatic rings. The molecule has 0 fully saturated rings. The lowest BCUT2D eigenvalue weighted by Crippen LogP contribution is -2.19. The fraction of sp³-hybridized carbons (Fsp3) is 0.471. The Morgan fingerprint density at radius 1 is 1.33 bits per heavy atom. The maximum Gasteiger partial charge on any atom is 0.0643 e. The Kier molecular flexibility index (Phi) is 5.43. The predicted molar refractivity (Wildman–Crippen MR) is 88.9 cm³/mol. The zero-order valence-corrected chi connectivity index (χ0v) is 14.0. The first-order valence-corrected chi connectivity index (χ1v) is 7.89. The second-order valence-corrected chi connectivity index (χ2v) is 6.09. The molecule has 2 rings (SSSR count). The first kappa shape index (κ1) is 16.1. The number of aromatic nitrogens is 2. The van der Waals surface area contributed by atoms with Crippen molar-refractivity contribution in [1.29, 1.82) is 0 Å². The van der Waals surface area contributed by atoms with Crippen molar-refractivity contribution >= 4 is 11.6 Å². The molecule has 0 amide bonds. The van der Waals surface area contributed by atoms with Gasteiger partial charge in [-0.2, -0.15) is 5.10 Å². The van der Waals surface area contributed by atoms with Crippen molar-refractivity contribution in [3.05, 3.63) is 52.3 Å². The van der Waals surface area contributed by atoms with Gasteiger partial charge in [-0.3, -0.25) is 4.68 Å². The molecule has 4 heteroatoms. The Labute approximate surface area is 132 Å². The Morgan fingerprint density at radius 3 is 2.71 bits per heavy atom. The minimum atomic E-state index is 0.225. The van der Waals surface area contributed by atoms with Crippen LogP contribution in [0.3, 0.4) is 0 Å². The monoisotopic (exact) mass is 305 g/mol. The zero-order chi connectivity index (χ0) is 15.4. The number of halogens is 1. The summed E-state index contributed by atoms with van der Waals surface area (Å²) in [7, 11) is 1.98. The highest BCUT2D eigenvalue weighted by Gasteiger charge is 2.14. The van der Waals surface area contributed by atoms with Crippen LogP contribution < -0.4 is 5.32 Å². The van der Waals surface area contributed by atoms with E-state index < -0.39 is 0 Å². The average Bonchev–Trinajstić information content (AvgIpc) is 2.91. The molecular weight excluding hydrogens is 282 g/mol. The van der Waals surface area contributed by atoms with E-state index in [4.69, 9.17) is 11.6 Å². The Balaban J connectivity index is 2.17. The lowest BCUT2D eigenvalue weighted by Gasteiger charge is -2.17. The van der Waals surface area contributed by atoms with Gasteiger partial charge in [-0.1, -0.05) is 24.6 Å². The smallest absolute Gasteiger partial charge is 0.0643 e. The van der Waals surface area contributed by atoms with Crippen LogP contribution in [0.25, 0.3) is 0 Å². The van der Waals surface area contributed by atoms with Crippen LogP contribution in [0.2, 0.25) is 5.02 Å². The van der Waals surface area contributed by atoms with E-state index in [1.807, 2.05) is 23.9 Å². The summed E-state index contributed by atoms with van der Waals surface area (Å²) in [5, 5.41) is 8.84. The van der Waals surface area contributed by atoms with Gasteiger partial charge in [0, 0.05) is 29.7 Å². The van der Waals surface area contributed by atoms with E-state index in [1.165, 1.54) is 11.1 Å². The number of hydrogen-bond acceptors (Lipinski definition) is 2. The van der Waals surface area contributed by atoms with E-state index >= 15 is 0 Å². The van der Waals surface area contributed by atoms with Crippen LogP contribution in [-0.4, -0.2) is 16.8 Å². The van der Waals surface area contributed by atoms with Crippen LogP contribution >= 0.6 is 11.6 Å². The second-order valence-electron chi connectivity index (χ2n) is 5.65. The first-order chi connectivity index (χ1) is 10.0. The summed E-state index contributed by atoms with van der Waals surface area (Å²) >= 11 is 6.17. The minimum Gasteiger partial charge on any atom is -0.313 e. The molecule has 3 nitrogen and oxygen atoms in total. The normalized spacial score (nSPS) is 14.1. The van der Waals surface area contributed by atoms with Gasteiger partial charge in [0.2, 0.25) is 0 Å². The highest BCUT2D eigenvalue weighted by Crippen LogP contribution is 2.23. The van der Waals surface area contributed by atoms with Crippen LogP contribution in [0.4, 0.5) is 0 Å². The van der Waals surface area contributed by atoms with Crippen LogP contribution in [0.15, 0.2) is 30.5 Å². The van der Waals surface area contributed by atoms with Crippen LogP contribution in [0, 0.1) is 6.92 Å². The molecule has 1 aromatic heterocycles. The van der Waals surface area contributed by atoms with Crippen molar-refractivity contribution in [1.82, 2.24) is 15.1 Å². The molecule has 114 valence electrons. The predicted octanol–water partition coefficient (Wildman–Crippen LogP) is 4.32. The van der Waals surface area contributed by atoms with Crippen molar-refractivity contribution in [3.8, 4) is 0 Å². The van der Waals surface area contributed by atoms with Crippen LogP contribution in [-0.2, 0) is 6.42 Å². The topological polar surface area (TPSA) is 29.9 Å². The second kappa shape index (κ2) is 7.10. The van der Waals surface area contributed by atoms with Gasteiger partial charge < -0.3 is 5.32 Å². The van der Waals surface area contributed by atoms with Gasteiger partial charge in [-0.05, 0) is 56.6 Å². The van der Waals surface area contributed by atoms with Gasteiger partial charge in [-0.25, -0.2) is 0 Å². The number of hydrogen-bond donors (Lipinski definition) is 1. The molecule has 21 heavy (non-hydrogen) atoms. The largest absolute Gasteiger partial charge is 0.313 e. The molecule has 0 saturated carbocycles. The third kappa shape index (κ3) is 4.08. The van der Waals surface area contributed by atoms with Crippen molar-refractivity contribution in [2.75, 3.05) is 7.05 Å². The van der Waals surface area contributed by atoms with E-state index in [9.17, 15) is 0 Å². The number of nitrogens with zero attached hydrogens (tertiary/aromatic N) is 2. The molecular formula is C17H24ClN3. The van der Waals surface area contributed by atoms with E-state index in [2.05, 4.69) is 49.5 Å². The van der Waals surface area contributed by atoms with Gasteiger partial charge in [0.15, 0.2) is 0 Å². The standard InChI is InChI=1S/C17H24ClN3/c1-5-13(3)21-7-6-16(20-21)11-17(19-4)14-8-12(2)9-15(18)10-14/h6-10,13,17,19H,5,11H2,1-4H3. The zero-order valence-electron chi connectivity index (χ0n) is 13.2. The number of benzene rings is 1. The number of likely N-dealkylation sites (N-methyl/N-ethyl adjacent to an activating group) is 1. The quantitative estimate of drug-likeness (QED) is 0.861. The molecule has 2 aromatic rings. The molecule has 2 atom stereocenters. The van der Waals surface area contributed by atoms with E-state index in [0.29, 0.717) is 6.04 Å². The van der Waals surface area contributed by atoms with Gasteiger partial charge in [0.25, 0.3) is 0 Å². The maximum atomic E-state index is 6.17. The Bertz CT molecular complexity index is 571. The average molecular weight is 306 g/mol. The summed E-state index contributed by atoms with van der Waals surface area (Å²) in [4.78, 5) is 0. The molecule has 2 unspecified atom stereocenters. The molecule has 0 aliphatic carbocycles. The third-order valence-electron chi connectivity index (χ3n) is 3.93. The van der Waals surface area contributed by atoms with Crippen LogP contribution in [0.1, 0.15) is 49.2 Å². The lowest BCUT2D eigenvalue weighted by molar-refractivity contribution is 0.469. The Hall–Kier alpha value is -1.32.